The molecule has 0 saturated carbocycles. The molecule has 0 aliphatic carbocycles. The number of aromatic amines is 2. The Balaban J connectivity index is 1.43. The Morgan fingerprint density at radius 2 is 2.06 bits per heavy atom. The average Bonchev–Trinajstić information content (AvgIpc) is 3.61. The minimum Gasteiger partial charge on any atom is -0.335 e. The van der Waals surface area contributed by atoms with Gasteiger partial charge >= 0.3 is 0 Å². The van der Waals surface area contributed by atoms with E-state index in [0.29, 0.717) is 44.8 Å². The molecule has 6 rings (SSSR count). The minimum atomic E-state index is -0.0767. The highest BCUT2D eigenvalue weighted by atomic mass is 35.5. The van der Waals surface area contributed by atoms with Crippen LogP contribution in [0.1, 0.15) is 13.3 Å². The summed E-state index contributed by atoms with van der Waals surface area (Å²) < 4.78 is 0.715. The van der Waals surface area contributed by atoms with Crippen LogP contribution in [0.4, 0.5) is 5.69 Å². The van der Waals surface area contributed by atoms with Gasteiger partial charge in [0.15, 0.2) is 17.2 Å². The minimum absolute atomic E-state index is 0.0767. The summed E-state index contributed by atoms with van der Waals surface area (Å²) in [5, 5.41) is 10.3. The van der Waals surface area contributed by atoms with Gasteiger partial charge in [0, 0.05) is 34.8 Å². The molecular weight excluding hydrogens is 484 g/mol. The second kappa shape index (κ2) is 8.57. The molecule has 0 unspecified atom stereocenters. The van der Waals surface area contributed by atoms with Crippen molar-refractivity contribution in [3.05, 3.63) is 59.3 Å². The maximum atomic E-state index is 11.8. The van der Waals surface area contributed by atoms with Crippen LogP contribution in [0.2, 0.25) is 4.34 Å². The van der Waals surface area contributed by atoms with E-state index in [0.717, 1.165) is 27.0 Å². The predicted molar refractivity (Wildman–Crippen MR) is 137 cm³/mol. The summed E-state index contributed by atoms with van der Waals surface area (Å²) >= 11 is 7.64. The number of thiophene rings is 1. The molecule has 0 bridgehead atoms. The molecule has 6 heterocycles. The van der Waals surface area contributed by atoms with Crippen molar-refractivity contribution in [1.29, 1.82) is 0 Å². The summed E-state index contributed by atoms with van der Waals surface area (Å²) in [7, 11) is 0. The molecule has 35 heavy (non-hydrogen) atoms. The van der Waals surface area contributed by atoms with E-state index in [1.54, 1.807) is 25.5 Å². The number of pyridine rings is 3. The van der Waals surface area contributed by atoms with E-state index < -0.39 is 0 Å². The lowest BCUT2D eigenvalue weighted by molar-refractivity contribution is -0.115. The number of rotatable bonds is 5. The van der Waals surface area contributed by atoms with Crippen molar-refractivity contribution in [3.8, 4) is 33.2 Å². The normalized spacial score (nSPS) is 11.4. The smallest absolute Gasteiger partial charge is 0.224 e. The third-order valence-electron chi connectivity index (χ3n) is 5.50. The van der Waals surface area contributed by atoms with E-state index in [1.807, 2.05) is 36.4 Å². The van der Waals surface area contributed by atoms with Crippen LogP contribution in [0.25, 0.3) is 55.4 Å². The van der Waals surface area contributed by atoms with Crippen molar-refractivity contribution < 1.29 is 4.79 Å². The number of hydrogen-bond acceptors (Lipinski definition) is 7. The number of nitrogens with one attached hydrogen (secondary N) is 3. The summed E-state index contributed by atoms with van der Waals surface area (Å²) in [6.45, 7) is 1.80. The van der Waals surface area contributed by atoms with E-state index in [4.69, 9.17) is 16.6 Å². The highest BCUT2D eigenvalue weighted by Gasteiger charge is 2.18. The molecule has 0 fully saturated rings. The van der Waals surface area contributed by atoms with Crippen molar-refractivity contribution in [2.24, 2.45) is 0 Å². The van der Waals surface area contributed by atoms with Crippen molar-refractivity contribution in [3.63, 3.8) is 0 Å². The fraction of sp³-hybridized carbons (Fsp3) is 0.0833. The molecule has 0 aliphatic heterocycles. The predicted octanol–water partition coefficient (Wildman–Crippen LogP) is 5.69. The number of imidazole rings is 1. The third kappa shape index (κ3) is 3.92. The highest BCUT2D eigenvalue weighted by Crippen LogP contribution is 2.35. The van der Waals surface area contributed by atoms with Crippen LogP contribution in [0.5, 0.6) is 0 Å². The molecule has 0 aromatic carbocycles. The second-order valence-electron chi connectivity index (χ2n) is 7.78. The van der Waals surface area contributed by atoms with Crippen LogP contribution >= 0.6 is 22.9 Å². The molecule has 11 heteroatoms. The van der Waals surface area contributed by atoms with Gasteiger partial charge in [0.05, 0.1) is 32.9 Å². The molecule has 6 aromatic heterocycles. The first-order valence-electron chi connectivity index (χ1n) is 10.8. The van der Waals surface area contributed by atoms with Gasteiger partial charge < -0.3 is 10.3 Å². The van der Waals surface area contributed by atoms with Crippen LogP contribution in [0, 0.1) is 0 Å². The van der Waals surface area contributed by atoms with Crippen molar-refractivity contribution in [2.45, 2.75) is 13.3 Å². The van der Waals surface area contributed by atoms with Gasteiger partial charge in [-0.25, -0.2) is 15.0 Å². The molecule has 0 atom stereocenters. The van der Waals surface area contributed by atoms with Gasteiger partial charge in [0.1, 0.15) is 5.52 Å². The van der Waals surface area contributed by atoms with Gasteiger partial charge in [-0.05, 0) is 36.4 Å². The van der Waals surface area contributed by atoms with E-state index >= 15 is 0 Å². The Morgan fingerprint density at radius 1 is 1.14 bits per heavy atom. The summed E-state index contributed by atoms with van der Waals surface area (Å²) in [4.78, 5) is 34.3. The summed E-state index contributed by atoms with van der Waals surface area (Å²) in [5.41, 5.74) is 6.45. The van der Waals surface area contributed by atoms with Gasteiger partial charge in [-0.2, -0.15) is 5.10 Å². The molecule has 6 aromatic rings. The van der Waals surface area contributed by atoms with Gasteiger partial charge in [-0.15, -0.1) is 11.3 Å². The third-order valence-corrected chi connectivity index (χ3v) is 6.77. The number of anilines is 1. The topological polar surface area (TPSA) is 125 Å². The molecule has 0 saturated heterocycles. The van der Waals surface area contributed by atoms with E-state index in [9.17, 15) is 4.79 Å². The lowest BCUT2D eigenvalue weighted by Gasteiger charge is -2.06. The number of carbonyl (C=O) groups is 1. The van der Waals surface area contributed by atoms with Crippen LogP contribution in [-0.2, 0) is 4.79 Å². The molecule has 0 radical (unpaired) electrons. The Bertz CT molecular complexity index is 1720. The number of nitrogens with zero attached hydrogens (tertiary/aromatic N) is 5. The van der Waals surface area contributed by atoms with Crippen molar-refractivity contribution in [1.82, 2.24) is 35.1 Å². The van der Waals surface area contributed by atoms with E-state index in [-0.39, 0.29) is 5.91 Å². The van der Waals surface area contributed by atoms with E-state index in [2.05, 4.69) is 35.5 Å². The highest BCUT2D eigenvalue weighted by molar-refractivity contribution is 7.19. The average molecular weight is 501 g/mol. The number of fused-ring (bicyclic) bond motifs is 2. The molecular formula is C24H17ClN8OS. The van der Waals surface area contributed by atoms with Crippen molar-refractivity contribution >= 4 is 56.7 Å². The molecule has 9 nitrogen and oxygen atoms in total. The van der Waals surface area contributed by atoms with Gasteiger partial charge in [0.2, 0.25) is 5.91 Å². The number of hydrogen-bond donors (Lipinski definition) is 3. The first-order chi connectivity index (χ1) is 17.1. The maximum absolute atomic E-state index is 11.8. The first kappa shape index (κ1) is 21.4. The Labute approximate surface area is 207 Å². The zero-order valence-corrected chi connectivity index (χ0v) is 19.9. The Morgan fingerprint density at radius 3 is 2.89 bits per heavy atom. The zero-order chi connectivity index (χ0) is 23.9. The van der Waals surface area contributed by atoms with Gasteiger partial charge in [-0.1, -0.05) is 18.5 Å². The summed E-state index contributed by atoms with van der Waals surface area (Å²) in [6, 6.07) is 11.4. The Hall–Kier alpha value is -4.15. The largest absolute Gasteiger partial charge is 0.335 e. The molecule has 172 valence electrons. The van der Waals surface area contributed by atoms with Gasteiger partial charge in [-0.3, -0.25) is 14.9 Å². The second-order valence-corrected chi connectivity index (χ2v) is 9.49. The molecule has 3 N–H and O–H groups in total. The molecule has 0 aliphatic rings. The van der Waals surface area contributed by atoms with Crippen LogP contribution < -0.4 is 5.32 Å². The lowest BCUT2D eigenvalue weighted by Crippen LogP contribution is -2.09. The van der Waals surface area contributed by atoms with Gasteiger partial charge in [0.25, 0.3) is 0 Å². The van der Waals surface area contributed by atoms with E-state index in [1.165, 1.54) is 11.3 Å². The fourth-order valence-electron chi connectivity index (χ4n) is 3.81. The maximum Gasteiger partial charge on any atom is 0.224 e. The first-order valence-corrected chi connectivity index (χ1v) is 12.0. The fourth-order valence-corrected chi connectivity index (χ4v) is 4.88. The summed E-state index contributed by atoms with van der Waals surface area (Å²) in [5.74, 6) is 0.479. The lowest BCUT2D eigenvalue weighted by atomic mass is 10.1. The number of carbonyl (C=O) groups excluding carboxylic acids is 1. The van der Waals surface area contributed by atoms with Crippen LogP contribution in [-0.4, -0.2) is 41.0 Å². The number of amides is 1. The Kier molecular flexibility index (Phi) is 5.24. The van der Waals surface area contributed by atoms with Crippen LogP contribution in [0.15, 0.2) is 55.0 Å². The monoisotopic (exact) mass is 500 g/mol. The number of aromatic nitrogens is 7. The summed E-state index contributed by atoms with van der Waals surface area (Å²) in [6.07, 6.45) is 5.43. The van der Waals surface area contributed by atoms with Crippen LogP contribution in [0.3, 0.4) is 0 Å². The van der Waals surface area contributed by atoms with Crippen molar-refractivity contribution in [2.75, 3.05) is 5.32 Å². The molecule has 0 spiro atoms. The standard InChI is InChI=1S/C24H17ClN8OS/c1-2-19(34)28-13-9-12(10-26-11-13)15-3-4-16-21(29-15)22(33-32-16)24-30-20-14(7-8-27-23(20)31-24)17-5-6-18(25)35-17/h3-11H,2H2,1H3,(H,28,34)(H,32,33)(H,27,30,31). The number of halogens is 1. The molecule has 1 amide bonds. The SMILES string of the molecule is CCC(=O)Nc1cncc(-c2ccc3[nH]nc(-c4nc5nccc(-c6ccc(Cl)s6)c5[nH]4)c3n2)c1. The number of H-pyrrole nitrogens is 2. The quantitative estimate of drug-likeness (QED) is 0.279. The zero-order valence-electron chi connectivity index (χ0n) is 18.3.